The summed E-state index contributed by atoms with van der Waals surface area (Å²) in [7, 11) is 0. The minimum atomic E-state index is -0.156. The van der Waals surface area contributed by atoms with Gasteiger partial charge < -0.3 is 9.88 Å². The van der Waals surface area contributed by atoms with Gasteiger partial charge in [0.05, 0.1) is 0 Å². The van der Waals surface area contributed by atoms with Crippen LogP contribution < -0.4 is 5.32 Å². The van der Waals surface area contributed by atoms with E-state index < -0.39 is 0 Å². The number of hydrogen-bond acceptors (Lipinski definition) is 2. The van der Waals surface area contributed by atoms with Crippen molar-refractivity contribution in [2.45, 2.75) is 38.9 Å². The second kappa shape index (κ2) is 5.13. The summed E-state index contributed by atoms with van der Waals surface area (Å²) in [5.74, 6) is 0.666. The molecule has 4 heteroatoms. The van der Waals surface area contributed by atoms with E-state index in [0.717, 1.165) is 23.5 Å². The topological polar surface area (TPSA) is 29.9 Å². The van der Waals surface area contributed by atoms with Gasteiger partial charge in [0.15, 0.2) is 0 Å². The minimum absolute atomic E-state index is 0.156. The van der Waals surface area contributed by atoms with Crippen molar-refractivity contribution in [1.29, 1.82) is 0 Å². The zero-order valence-electron chi connectivity index (χ0n) is 11.1. The van der Waals surface area contributed by atoms with E-state index in [1.807, 2.05) is 22.9 Å². The minimum Gasteiger partial charge on any atom is -0.331 e. The molecule has 19 heavy (non-hydrogen) atoms. The average molecular weight is 259 g/mol. The van der Waals surface area contributed by atoms with Crippen LogP contribution in [0.2, 0.25) is 0 Å². The van der Waals surface area contributed by atoms with Crippen molar-refractivity contribution < 1.29 is 4.39 Å². The molecule has 0 amide bonds. The summed E-state index contributed by atoms with van der Waals surface area (Å²) in [6.07, 6.45) is 6.09. The number of rotatable bonds is 5. The van der Waals surface area contributed by atoms with Gasteiger partial charge in [0.25, 0.3) is 0 Å². The lowest BCUT2D eigenvalue weighted by atomic mass is 10.1. The second-order valence-corrected chi connectivity index (χ2v) is 5.00. The molecule has 1 aromatic heterocycles. The molecule has 3 nitrogen and oxygen atoms in total. The van der Waals surface area contributed by atoms with Crippen LogP contribution in [-0.2, 0) is 13.1 Å². The van der Waals surface area contributed by atoms with E-state index in [-0.39, 0.29) is 5.82 Å². The number of aryl methyl sites for hydroxylation is 1. The Labute approximate surface area is 112 Å². The normalized spacial score (nSPS) is 14.8. The maximum absolute atomic E-state index is 14.1. The number of benzene rings is 1. The lowest BCUT2D eigenvalue weighted by Crippen LogP contribution is -2.16. The number of halogens is 1. The fourth-order valence-electron chi connectivity index (χ4n) is 2.20. The van der Waals surface area contributed by atoms with Gasteiger partial charge in [0, 0.05) is 42.7 Å². The van der Waals surface area contributed by atoms with Crippen LogP contribution >= 0.6 is 0 Å². The molecule has 1 aliphatic carbocycles. The van der Waals surface area contributed by atoms with Crippen molar-refractivity contribution in [2.75, 3.05) is 0 Å². The smallest absolute Gasteiger partial charge is 0.139 e. The van der Waals surface area contributed by atoms with E-state index in [9.17, 15) is 4.39 Å². The molecule has 1 fully saturated rings. The molecule has 0 aliphatic heterocycles. The van der Waals surface area contributed by atoms with Gasteiger partial charge in [-0.15, -0.1) is 0 Å². The first kappa shape index (κ1) is 12.4. The third kappa shape index (κ3) is 2.68. The van der Waals surface area contributed by atoms with Crippen LogP contribution in [-0.4, -0.2) is 15.6 Å². The van der Waals surface area contributed by atoms with Crippen LogP contribution in [0, 0.1) is 5.82 Å². The lowest BCUT2D eigenvalue weighted by Gasteiger charge is -2.08. The number of nitrogens with one attached hydrogen (secondary N) is 1. The molecular formula is C15H18FN3. The molecule has 0 unspecified atom stereocenters. The fraction of sp³-hybridized carbons (Fsp3) is 0.400. The van der Waals surface area contributed by atoms with E-state index >= 15 is 0 Å². The number of nitrogens with zero attached hydrogens (tertiary/aromatic N) is 2. The number of imidazole rings is 1. The summed E-state index contributed by atoms with van der Waals surface area (Å²) in [6, 6.07) is 5.98. The standard InChI is InChI=1S/C15H18FN3/c1-2-19-8-7-17-15(19)11-3-4-12(14(16)9-11)10-18-13-5-6-13/h3-4,7-9,13,18H,2,5-6,10H2,1H3. The van der Waals surface area contributed by atoms with Crippen molar-refractivity contribution in [2.24, 2.45) is 0 Å². The summed E-state index contributed by atoms with van der Waals surface area (Å²) in [5, 5.41) is 3.33. The van der Waals surface area contributed by atoms with Gasteiger partial charge in [-0.2, -0.15) is 0 Å². The Kier molecular flexibility index (Phi) is 3.34. The van der Waals surface area contributed by atoms with Crippen molar-refractivity contribution in [3.63, 3.8) is 0 Å². The van der Waals surface area contributed by atoms with E-state index in [0.29, 0.717) is 12.6 Å². The van der Waals surface area contributed by atoms with Crippen LogP contribution in [0.25, 0.3) is 11.4 Å². The quantitative estimate of drug-likeness (QED) is 0.894. The van der Waals surface area contributed by atoms with Crippen LogP contribution in [0.15, 0.2) is 30.6 Å². The zero-order valence-corrected chi connectivity index (χ0v) is 11.1. The van der Waals surface area contributed by atoms with E-state index in [2.05, 4.69) is 17.2 Å². The Bertz CT molecular complexity index is 573. The first-order chi connectivity index (χ1) is 9.28. The molecule has 1 aromatic carbocycles. The Morgan fingerprint density at radius 3 is 2.95 bits per heavy atom. The third-order valence-corrected chi connectivity index (χ3v) is 3.53. The molecule has 0 bridgehead atoms. The summed E-state index contributed by atoms with van der Waals surface area (Å²) in [5.41, 5.74) is 1.56. The molecule has 1 saturated carbocycles. The van der Waals surface area contributed by atoms with Crippen LogP contribution in [0.1, 0.15) is 25.3 Å². The molecule has 100 valence electrons. The number of aromatic nitrogens is 2. The highest BCUT2D eigenvalue weighted by Gasteiger charge is 2.20. The van der Waals surface area contributed by atoms with Crippen molar-refractivity contribution in [1.82, 2.24) is 14.9 Å². The summed E-state index contributed by atoms with van der Waals surface area (Å²) in [6.45, 7) is 3.50. The summed E-state index contributed by atoms with van der Waals surface area (Å²) in [4.78, 5) is 4.29. The Morgan fingerprint density at radius 1 is 1.42 bits per heavy atom. The highest BCUT2D eigenvalue weighted by Crippen LogP contribution is 2.22. The zero-order chi connectivity index (χ0) is 13.2. The molecule has 0 spiro atoms. The summed E-state index contributed by atoms with van der Waals surface area (Å²) >= 11 is 0. The maximum atomic E-state index is 14.1. The van der Waals surface area contributed by atoms with Gasteiger partial charge in [-0.05, 0) is 25.8 Å². The predicted octanol–water partition coefficient (Wildman–Crippen LogP) is 2.96. The van der Waals surface area contributed by atoms with Gasteiger partial charge in [0.2, 0.25) is 0 Å². The van der Waals surface area contributed by atoms with E-state index in [1.165, 1.54) is 12.8 Å². The van der Waals surface area contributed by atoms with Gasteiger partial charge in [0.1, 0.15) is 11.6 Å². The van der Waals surface area contributed by atoms with Crippen molar-refractivity contribution >= 4 is 0 Å². The van der Waals surface area contributed by atoms with Crippen molar-refractivity contribution in [3.8, 4) is 11.4 Å². The predicted molar refractivity (Wildman–Crippen MR) is 73.2 cm³/mol. The van der Waals surface area contributed by atoms with Gasteiger partial charge in [-0.3, -0.25) is 0 Å². The monoisotopic (exact) mass is 259 g/mol. The molecule has 0 saturated heterocycles. The first-order valence-electron chi connectivity index (χ1n) is 6.81. The SMILES string of the molecule is CCn1ccnc1-c1ccc(CNC2CC2)c(F)c1. The average Bonchev–Trinajstić information content (AvgIpc) is 3.12. The van der Waals surface area contributed by atoms with Gasteiger partial charge >= 0.3 is 0 Å². The van der Waals surface area contributed by atoms with E-state index in [1.54, 1.807) is 12.3 Å². The largest absolute Gasteiger partial charge is 0.331 e. The Balaban J connectivity index is 1.81. The maximum Gasteiger partial charge on any atom is 0.139 e. The summed E-state index contributed by atoms with van der Waals surface area (Å²) < 4.78 is 16.1. The second-order valence-electron chi connectivity index (χ2n) is 5.00. The molecule has 1 aliphatic rings. The Hall–Kier alpha value is -1.68. The first-order valence-corrected chi connectivity index (χ1v) is 6.81. The molecule has 2 aromatic rings. The highest BCUT2D eigenvalue weighted by atomic mass is 19.1. The third-order valence-electron chi connectivity index (χ3n) is 3.53. The molecule has 0 atom stereocenters. The van der Waals surface area contributed by atoms with Gasteiger partial charge in [-0.25, -0.2) is 9.37 Å². The fourth-order valence-corrected chi connectivity index (χ4v) is 2.20. The van der Waals surface area contributed by atoms with E-state index in [4.69, 9.17) is 0 Å². The molecule has 1 heterocycles. The highest BCUT2D eigenvalue weighted by molar-refractivity contribution is 5.56. The molecule has 1 N–H and O–H groups in total. The van der Waals surface area contributed by atoms with Crippen molar-refractivity contribution in [3.05, 3.63) is 42.0 Å². The molecule has 0 radical (unpaired) electrons. The lowest BCUT2D eigenvalue weighted by molar-refractivity contribution is 0.587. The Morgan fingerprint density at radius 2 is 2.26 bits per heavy atom. The van der Waals surface area contributed by atoms with Crippen LogP contribution in [0.4, 0.5) is 4.39 Å². The number of hydrogen-bond donors (Lipinski definition) is 1. The van der Waals surface area contributed by atoms with Crippen LogP contribution in [0.5, 0.6) is 0 Å². The van der Waals surface area contributed by atoms with Crippen LogP contribution in [0.3, 0.4) is 0 Å². The van der Waals surface area contributed by atoms with Gasteiger partial charge in [-0.1, -0.05) is 12.1 Å². The molecule has 3 rings (SSSR count). The molecular weight excluding hydrogens is 241 g/mol.